The highest BCUT2D eigenvalue weighted by molar-refractivity contribution is 5.85. The number of rotatable bonds is 3. The van der Waals surface area contributed by atoms with E-state index in [1.807, 2.05) is 0 Å². The molecule has 0 amide bonds. The van der Waals surface area contributed by atoms with Crippen LogP contribution >= 0.6 is 12.4 Å². The van der Waals surface area contributed by atoms with Crippen molar-refractivity contribution in [1.82, 2.24) is 0 Å². The minimum Gasteiger partial charge on any atom is -0.395 e. The predicted octanol–water partition coefficient (Wildman–Crippen LogP) is -0.293. The van der Waals surface area contributed by atoms with E-state index in [0.29, 0.717) is 0 Å². The van der Waals surface area contributed by atoms with E-state index in [-0.39, 0.29) is 37.3 Å². The molecule has 0 aliphatic carbocycles. The average Bonchev–Trinajstić information content (AvgIpc) is 1.65. The maximum absolute atomic E-state index is 10.2. The molecule has 9 heavy (non-hydrogen) atoms. The standard InChI is InChI=1S/C5H11NO2.ClH/c1-4(8)2-5(6)3-7;/h5,7H,2-3,6H2,1H3;1H. The molecule has 0 fully saturated rings. The molecular formula is C5H12ClNO2. The van der Waals surface area contributed by atoms with Crippen LogP contribution in [-0.4, -0.2) is 23.5 Å². The Morgan fingerprint density at radius 1 is 1.78 bits per heavy atom. The average molecular weight is 154 g/mol. The maximum Gasteiger partial charge on any atom is 0.131 e. The van der Waals surface area contributed by atoms with Crippen LogP contribution in [0.25, 0.3) is 0 Å². The molecule has 0 rings (SSSR count). The monoisotopic (exact) mass is 153 g/mol. The number of halogens is 1. The number of aliphatic hydroxyl groups excluding tert-OH is 1. The predicted molar refractivity (Wildman–Crippen MR) is 37.6 cm³/mol. The van der Waals surface area contributed by atoms with Gasteiger partial charge in [-0.15, -0.1) is 12.4 Å². The highest BCUT2D eigenvalue weighted by Crippen LogP contribution is 1.85. The molecule has 4 heteroatoms. The number of Topliss-reactive ketones (excluding diaryl/α,β-unsaturated/α-hetero) is 1. The van der Waals surface area contributed by atoms with Gasteiger partial charge in [0.15, 0.2) is 0 Å². The summed E-state index contributed by atoms with van der Waals surface area (Å²) in [5.74, 6) is 0.0200. The van der Waals surface area contributed by atoms with E-state index in [2.05, 4.69) is 0 Å². The van der Waals surface area contributed by atoms with E-state index >= 15 is 0 Å². The first-order valence-corrected chi connectivity index (χ1v) is 2.52. The van der Waals surface area contributed by atoms with Gasteiger partial charge in [0.25, 0.3) is 0 Å². The summed E-state index contributed by atoms with van der Waals surface area (Å²) in [6.07, 6.45) is 0.274. The van der Waals surface area contributed by atoms with E-state index in [4.69, 9.17) is 10.8 Å². The van der Waals surface area contributed by atoms with Crippen LogP contribution in [-0.2, 0) is 4.79 Å². The third kappa shape index (κ3) is 7.88. The smallest absolute Gasteiger partial charge is 0.131 e. The molecule has 1 unspecified atom stereocenters. The van der Waals surface area contributed by atoms with E-state index in [1.165, 1.54) is 6.92 Å². The second kappa shape index (κ2) is 6.01. The molecule has 1 atom stereocenters. The molecule has 56 valence electrons. The fourth-order valence-corrected chi connectivity index (χ4v) is 0.434. The van der Waals surface area contributed by atoms with Gasteiger partial charge in [0.2, 0.25) is 0 Å². The Hall–Kier alpha value is -0.120. The Balaban J connectivity index is 0. The number of nitrogens with two attached hydrogens (primary N) is 1. The number of aliphatic hydroxyl groups is 1. The quantitative estimate of drug-likeness (QED) is 0.586. The molecule has 0 aliphatic rings. The zero-order chi connectivity index (χ0) is 6.57. The second-order valence-electron chi connectivity index (χ2n) is 1.85. The number of hydrogen-bond acceptors (Lipinski definition) is 3. The SMILES string of the molecule is CC(=O)CC(N)CO.Cl. The van der Waals surface area contributed by atoms with Crippen LogP contribution in [0.5, 0.6) is 0 Å². The summed E-state index contributed by atoms with van der Waals surface area (Å²) in [5.41, 5.74) is 5.20. The molecule has 0 spiro atoms. The van der Waals surface area contributed by atoms with E-state index < -0.39 is 0 Å². The number of carbonyl (C=O) groups is 1. The van der Waals surface area contributed by atoms with Gasteiger partial charge in [-0.3, -0.25) is 4.79 Å². The second-order valence-corrected chi connectivity index (χ2v) is 1.85. The molecule has 0 saturated carbocycles. The molecule has 0 radical (unpaired) electrons. The largest absolute Gasteiger partial charge is 0.395 e. The first-order chi connectivity index (χ1) is 3.66. The van der Waals surface area contributed by atoms with Crippen LogP contribution in [0, 0.1) is 0 Å². The first kappa shape index (κ1) is 11.6. The van der Waals surface area contributed by atoms with Gasteiger partial charge >= 0.3 is 0 Å². The minimum atomic E-state index is -0.368. The molecule has 0 heterocycles. The van der Waals surface area contributed by atoms with Gasteiger partial charge in [-0.2, -0.15) is 0 Å². The van der Waals surface area contributed by atoms with Crippen LogP contribution in [0.4, 0.5) is 0 Å². The van der Waals surface area contributed by atoms with Gasteiger partial charge in [-0.1, -0.05) is 0 Å². The fraction of sp³-hybridized carbons (Fsp3) is 0.800. The third-order valence-electron chi connectivity index (χ3n) is 0.784. The lowest BCUT2D eigenvalue weighted by Gasteiger charge is -2.01. The number of ketones is 1. The Kier molecular flexibility index (Phi) is 7.77. The molecule has 0 bridgehead atoms. The topological polar surface area (TPSA) is 63.3 Å². The Bertz CT molecular complexity index is 87.0. The summed E-state index contributed by atoms with van der Waals surface area (Å²) in [7, 11) is 0. The van der Waals surface area contributed by atoms with Crippen molar-refractivity contribution in [2.75, 3.05) is 6.61 Å². The molecule has 0 aromatic carbocycles. The molecular weight excluding hydrogens is 142 g/mol. The first-order valence-electron chi connectivity index (χ1n) is 2.52. The highest BCUT2D eigenvalue weighted by Gasteiger charge is 2.01. The summed E-state index contributed by atoms with van der Waals surface area (Å²) in [6, 6.07) is -0.368. The van der Waals surface area contributed by atoms with Crippen LogP contribution < -0.4 is 5.73 Å². The lowest BCUT2D eigenvalue weighted by atomic mass is 10.2. The molecule has 3 N–H and O–H groups in total. The van der Waals surface area contributed by atoms with Gasteiger partial charge in [0, 0.05) is 12.5 Å². The summed E-state index contributed by atoms with van der Waals surface area (Å²) >= 11 is 0. The Labute approximate surface area is 60.6 Å². The Morgan fingerprint density at radius 3 is 2.33 bits per heavy atom. The summed E-state index contributed by atoms with van der Waals surface area (Å²) in [6.45, 7) is 1.34. The lowest BCUT2D eigenvalue weighted by molar-refractivity contribution is -0.117. The summed E-state index contributed by atoms with van der Waals surface area (Å²) in [4.78, 5) is 10.2. The summed E-state index contributed by atoms with van der Waals surface area (Å²) < 4.78 is 0. The van der Waals surface area contributed by atoms with Crippen molar-refractivity contribution in [3.63, 3.8) is 0 Å². The zero-order valence-electron chi connectivity index (χ0n) is 5.33. The zero-order valence-corrected chi connectivity index (χ0v) is 6.15. The molecule has 0 aromatic rings. The van der Waals surface area contributed by atoms with E-state index in [1.54, 1.807) is 0 Å². The van der Waals surface area contributed by atoms with Crippen molar-refractivity contribution in [2.45, 2.75) is 19.4 Å². The normalized spacial score (nSPS) is 11.9. The maximum atomic E-state index is 10.2. The number of hydrogen-bond donors (Lipinski definition) is 2. The minimum absolute atomic E-state index is 0. The van der Waals surface area contributed by atoms with Crippen molar-refractivity contribution in [3.05, 3.63) is 0 Å². The van der Waals surface area contributed by atoms with Gasteiger partial charge in [-0.05, 0) is 6.92 Å². The fourth-order valence-electron chi connectivity index (χ4n) is 0.434. The van der Waals surface area contributed by atoms with Crippen molar-refractivity contribution >= 4 is 18.2 Å². The van der Waals surface area contributed by atoms with Gasteiger partial charge < -0.3 is 10.8 Å². The Morgan fingerprint density at radius 2 is 2.22 bits per heavy atom. The van der Waals surface area contributed by atoms with Crippen molar-refractivity contribution in [1.29, 1.82) is 0 Å². The molecule has 0 saturated heterocycles. The van der Waals surface area contributed by atoms with Crippen molar-refractivity contribution in [3.8, 4) is 0 Å². The van der Waals surface area contributed by atoms with Crippen LogP contribution in [0.1, 0.15) is 13.3 Å². The number of carbonyl (C=O) groups excluding carboxylic acids is 1. The molecule has 3 nitrogen and oxygen atoms in total. The van der Waals surface area contributed by atoms with Gasteiger partial charge in [0.05, 0.1) is 6.61 Å². The third-order valence-corrected chi connectivity index (χ3v) is 0.784. The van der Waals surface area contributed by atoms with Crippen LogP contribution in [0.15, 0.2) is 0 Å². The molecule has 0 aromatic heterocycles. The van der Waals surface area contributed by atoms with Gasteiger partial charge in [0.1, 0.15) is 5.78 Å². The highest BCUT2D eigenvalue weighted by atomic mass is 35.5. The van der Waals surface area contributed by atoms with Crippen LogP contribution in [0.3, 0.4) is 0 Å². The summed E-state index contributed by atoms with van der Waals surface area (Å²) in [5, 5.41) is 8.31. The molecule has 0 aliphatic heterocycles. The van der Waals surface area contributed by atoms with E-state index in [0.717, 1.165) is 0 Å². The lowest BCUT2D eigenvalue weighted by Crippen LogP contribution is -2.26. The van der Waals surface area contributed by atoms with E-state index in [9.17, 15) is 4.79 Å². The van der Waals surface area contributed by atoms with Crippen molar-refractivity contribution < 1.29 is 9.90 Å². The van der Waals surface area contributed by atoms with Crippen LogP contribution in [0.2, 0.25) is 0 Å². The van der Waals surface area contributed by atoms with Gasteiger partial charge in [-0.25, -0.2) is 0 Å². The van der Waals surface area contributed by atoms with Crippen molar-refractivity contribution in [2.24, 2.45) is 5.73 Å².